The monoisotopic (exact) mass is 559 g/mol. The summed E-state index contributed by atoms with van der Waals surface area (Å²) in [6.07, 6.45) is 3.71. The summed E-state index contributed by atoms with van der Waals surface area (Å²) in [5, 5.41) is 10.8. The molecule has 9 heteroatoms. The van der Waals surface area contributed by atoms with Gasteiger partial charge < -0.3 is 14.6 Å². The molecular formula is C31H26ClNO7. The van der Waals surface area contributed by atoms with Gasteiger partial charge in [0, 0.05) is 45.4 Å². The standard InChI is InChI=1S/C31H26ClNO7/c1-14-10-22(35)21-13-20-18(26(27(21)29(14)36)28-23(39-2)11-17(34)12-24(28)40-3)8-9-19-25(20)31(38)33(30(19)37)16-6-4-15(32)5-7-16/h4-8,10-12,19-20,25-26,34H,9,13H2,1-3H3/t19-,20+,25-,26-/m0/s1. The van der Waals surface area contributed by atoms with E-state index >= 15 is 0 Å². The Morgan fingerprint density at radius 2 is 1.60 bits per heavy atom. The minimum Gasteiger partial charge on any atom is -0.508 e. The average Bonchev–Trinajstić information content (AvgIpc) is 3.20. The molecule has 3 aliphatic carbocycles. The number of imide groups is 1. The van der Waals surface area contributed by atoms with Crippen molar-refractivity contribution >= 4 is 40.7 Å². The number of ketones is 2. The third kappa shape index (κ3) is 3.73. The molecule has 4 aliphatic rings. The average molecular weight is 560 g/mol. The number of amides is 2. The van der Waals surface area contributed by atoms with E-state index < -0.39 is 23.7 Å². The summed E-state index contributed by atoms with van der Waals surface area (Å²) in [7, 11) is 2.89. The molecule has 1 heterocycles. The number of fused-ring (bicyclic) bond motifs is 3. The second-order valence-corrected chi connectivity index (χ2v) is 10.9. The molecule has 40 heavy (non-hydrogen) atoms. The molecule has 2 aromatic carbocycles. The number of rotatable bonds is 4. The van der Waals surface area contributed by atoms with E-state index in [-0.39, 0.29) is 47.1 Å². The third-order valence-corrected chi connectivity index (χ3v) is 8.72. The van der Waals surface area contributed by atoms with Crippen molar-refractivity contribution in [1.82, 2.24) is 0 Å². The van der Waals surface area contributed by atoms with Crippen LogP contribution in [0.4, 0.5) is 5.69 Å². The van der Waals surface area contributed by atoms with Crippen LogP contribution in [-0.4, -0.2) is 42.7 Å². The molecular weight excluding hydrogens is 534 g/mol. The molecule has 1 aliphatic heterocycles. The number of hydrogen-bond acceptors (Lipinski definition) is 7. The fourth-order valence-corrected chi connectivity index (χ4v) is 6.87. The summed E-state index contributed by atoms with van der Waals surface area (Å²) in [6.45, 7) is 1.60. The lowest BCUT2D eigenvalue weighted by molar-refractivity contribution is -0.123. The fraction of sp³-hybridized carbons (Fsp3) is 0.290. The van der Waals surface area contributed by atoms with E-state index in [9.17, 15) is 24.3 Å². The summed E-state index contributed by atoms with van der Waals surface area (Å²) < 4.78 is 11.3. The van der Waals surface area contributed by atoms with E-state index in [0.29, 0.717) is 39.4 Å². The first-order valence-electron chi connectivity index (χ1n) is 12.9. The molecule has 0 bridgehead atoms. The molecule has 0 unspecified atom stereocenters. The van der Waals surface area contributed by atoms with Gasteiger partial charge in [-0.2, -0.15) is 0 Å². The van der Waals surface area contributed by atoms with Gasteiger partial charge in [0.25, 0.3) is 0 Å². The normalized spacial score (nSPS) is 25.8. The quantitative estimate of drug-likeness (QED) is 0.328. The number of methoxy groups -OCH3 is 2. The lowest BCUT2D eigenvalue weighted by Gasteiger charge is -2.42. The van der Waals surface area contributed by atoms with Crippen molar-refractivity contribution in [2.75, 3.05) is 19.1 Å². The summed E-state index contributed by atoms with van der Waals surface area (Å²) in [6, 6.07) is 9.38. The molecule has 0 aromatic heterocycles. The number of carbonyl (C=O) groups excluding carboxylic acids is 4. The smallest absolute Gasteiger partial charge is 0.238 e. The van der Waals surface area contributed by atoms with Crippen LogP contribution >= 0.6 is 11.6 Å². The lowest BCUT2D eigenvalue weighted by Crippen LogP contribution is -2.40. The Morgan fingerprint density at radius 1 is 0.950 bits per heavy atom. The number of phenols is 1. The van der Waals surface area contributed by atoms with E-state index in [1.165, 1.54) is 37.3 Å². The van der Waals surface area contributed by atoms with Gasteiger partial charge >= 0.3 is 0 Å². The molecule has 0 spiro atoms. The highest BCUT2D eigenvalue weighted by molar-refractivity contribution is 6.31. The SMILES string of the molecule is COc1cc(O)cc(OC)c1[C@H]1C2=CC[C@@H]3C(=O)N(c4ccc(Cl)cc4)C(=O)[C@@H]3[C@@H]2CC2=C1C(=O)C(C)=CC2=O. The maximum atomic E-state index is 14.0. The number of ether oxygens (including phenoxy) is 2. The largest absolute Gasteiger partial charge is 0.508 e. The lowest BCUT2D eigenvalue weighted by atomic mass is 9.59. The van der Waals surface area contributed by atoms with Crippen LogP contribution in [0.25, 0.3) is 0 Å². The number of benzene rings is 2. The van der Waals surface area contributed by atoms with Crippen molar-refractivity contribution in [3.63, 3.8) is 0 Å². The molecule has 2 amide bonds. The van der Waals surface area contributed by atoms with Crippen molar-refractivity contribution in [3.05, 3.63) is 81.4 Å². The topological polar surface area (TPSA) is 110 Å². The zero-order valence-electron chi connectivity index (χ0n) is 22.1. The van der Waals surface area contributed by atoms with Crippen LogP contribution < -0.4 is 14.4 Å². The number of hydrogen-bond donors (Lipinski definition) is 1. The molecule has 1 fully saturated rings. The number of phenolic OH excluding ortho intramolecular Hbond substituents is 1. The van der Waals surface area contributed by atoms with Crippen molar-refractivity contribution < 1.29 is 33.8 Å². The molecule has 1 N–H and O–H groups in total. The molecule has 6 rings (SSSR count). The number of allylic oxidation sites excluding steroid dienone is 6. The molecule has 1 saturated heterocycles. The Kier molecular flexibility index (Phi) is 6.18. The Hall–Kier alpha value is -4.17. The van der Waals surface area contributed by atoms with Crippen molar-refractivity contribution in [2.45, 2.75) is 25.7 Å². The number of aromatic hydroxyl groups is 1. The minimum absolute atomic E-state index is 0.0889. The number of anilines is 1. The van der Waals surface area contributed by atoms with Crippen LogP contribution in [0.3, 0.4) is 0 Å². The Balaban J connectivity index is 1.54. The maximum absolute atomic E-state index is 14.0. The first-order valence-corrected chi connectivity index (χ1v) is 13.3. The van der Waals surface area contributed by atoms with Gasteiger partial charge in [-0.25, -0.2) is 0 Å². The first kappa shape index (κ1) is 26.1. The Bertz CT molecular complexity index is 1570. The molecule has 0 saturated carbocycles. The Morgan fingerprint density at radius 3 is 2.23 bits per heavy atom. The number of halogens is 1. The highest BCUT2D eigenvalue weighted by atomic mass is 35.5. The Labute approximate surface area is 235 Å². The van der Waals surface area contributed by atoms with E-state index in [1.807, 2.05) is 6.08 Å². The van der Waals surface area contributed by atoms with Crippen molar-refractivity contribution in [3.8, 4) is 17.2 Å². The first-order chi connectivity index (χ1) is 19.2. The number of nitrogens with zero attached hydrogens (tertiary/aromatic N) is 1. The third-order valence-electron chi connectivity index (χ3n) is 8.47. The molecule has 4 atom stereocenters. The van der Waals surface area contributed by atoms with Gasteiger partial charge in [-0.1, -0.05) is 23.3 Å². The second kappa shape index (κ2) is 9.48. The highest BCUT2D eigenvalue weighted by Crippen LogP contribution is 2.58. The zero-order valence-corrected chi connectivity index (χ0v) is 22.8. The van der Waals surface area contributed by atoms with Crippen LogP contribution in [0.5, 0.6) is 17.2 Å². The van der Waals surface area contributed by atoms with Crippen LogP contribution in [0.2, 0.25) is 5.02 Å². The summed E-state index contributed by atoms with van der Waals surface area (Å²) in [4.78, 5) is 55.8. The molecule has 204 valence electrons. The van der Waals surface area contributed by atoms with E-state index in [2.05, 4.69) is 0 Å². The summed E-state index contributed by atoms with van der Waals surface area (Å²) >= 11 is 6.04. The van der Waals surface area contributed by atoms with Crippen LogP contribution in [0.1, 0.15) is 31.2 Å². The summed E-state index contributed by atoms with van der Waals surface area (Å²) in [5.74, 6) is -3.34. The number of carbonyl (C=O) groups is 4. The van der Waals surface area contributed by atoms with Gasteiger partial charge in [0.2, 0.25) is 11.8 Å². The van der Waals surface area contributed by atoms with Crippen molar-refractivity contribution in [1.29, 1.82) is 0 Å². The fourth-order valence-electron chi connectivity index (χ4n) is 6.75. The van der Waals surface area contributed by atoms with Crippen LogP contribution in [0.15, 0.2) is 70.8 Å². The summed E-state index contributed by atoms with van der Waals surface area (Å²) in [5.41, 5.74) is 2.64. The van der Waals surface area contributed by atoms with Gasteiger partial charge in [-0.05, 0) is 56.0 Å². The number of Topliss-reactive ketones (excluding diaryl/α,β-unsaturated/α-hetero) is 1. The van der Waals surface area contributed by atoms with E-state index in [1.54, 1.807) is 31.2 Å². The molecule has 0 radical (unpaired) electrons. The van der Waals surface area contributed by atoms with E-state index in [4.69, 9.17) is 21.1 Å². The van der Waals surface area contributed by atoms with Crippen molar-refractivity contribution in [2.24, 2.45) is 17.8 Å². The zero-order chi connectivity index (χ0) is 28.5. The predicted molar refractivity (Wildman–Crippen MR) is 146 cm³/mol. The van der Waals surface area contributed by atoms with Gasteiger partial charge in [0.15, 0.2) is 11.6 Å². The van der Waals surface area contributed by atoms with E-state index in [0.717, 1.165) is 5.57 Å². The molecule has 8 nitrogen and oxygen atoms in total. The van der Waals surface area contributed by atoms with Gasteiger partial charge in [-0.3, -0.25) is 24.1 Å². The van der Waals surface area contributed by atoms with Crippen LogP contribution in [-0.2, 0) is 19.2 Å². The molecule has 2 aromatic rings. The van der Waals surface area contributed by atoms with Gasteiger partial charge in [0.1, 0.15) is 17.2 Å². The second-order valence-electron chi connectivity index (χ2n) is 10.5. The van der Waals surface area contributed by atoms with Gasteiger partial charge in [-0.15, -0.1) is 0 Å². The predicted octanol–water partition coefficient (Wildman–Crippen LogP) is 4.70. The van der Waals surface area contributed by atoms with Crippen LogP contribution in [0, 0.1) is 17.8 Å². The highest BCUT2D eigenvalue weighted by Gasteiger charge is 2.57. The van der Waals surface area contributed by atoms with Gasteiger partial charge in [0.05, 0.1) is 31.7 Å². The maximum Gasteiger partial charge on any atom is 0.238 e. The minimum atomic E-state index is -0.771.